The van der Waals surface area contributed by atoms with E-state index in [1.165, 1.54) is 57.4 Å². The Labute approximate surface area is 173 Å². The van der Waals surface area contributed by atoms with Crippen molar-refractivity contribution in [3.05, 3.63) is 34.6 Å². The molecule has 4 rings (SSSR count). The van der Waals surface area contributed by atoms with E-state index in [1.54, 1.807) is 11.5 Å². The van der Waals surface area contributed by atoms with Crippen LogP contribution in [-0.4, -0.2) is 28.6 Å². The SMILES string of the molecule is CC[C@@H](CCC1CC2CCCC(C2)C1)N1CCc2cc(C(=O)NO)cc(F)c2C1. The summed E-state index contributed by atoms with van der Waals surface area (Å²) in [4.78, 5) is 14.1. The van der Waals surface area contributed by atoms with E-state index in [2.05, 4.69) is 11.8 Å². The molecule has 1 aromatic rings. The fourth-order valence-corrected chi connectivity index (χ4v) is 6.33. The van der Waals surface area contributed by atoms with Crippen LogP contribution in [0.1, 0.15) is 86.2 Å². The van der Waals surface area contributed by atoms with Gasteiger partial charge in [0.05, 0.1) is 0 Å². The fourth-order valence-electron chi connectivity index (χ4n) is 6.33. The molecule has 2 bridgehead atoms. The minimum Gasteiger partial charge on any atom is -0.296 e. The third-order valence-corrected chi connectivity index (χ3v) is 7.80. The number of carbonyl (C=O) groups excluding carboxylic acids is 1. The van der Waals surface area contributed by atoms with Crippen molar-refractivity contribution >= 4 is 5.91 Å². The second kappa shape index (κ2) is 9.13. The highest BCUT2D eigenvalue weighted by Crippen LogP contribution is 2.44. The minimum absolute atomic E-state index is 0.187. The van der Waals surface area contributed by atoms with E-state index < -0.39 is 5.91 Å². The van der Waals surface area contributed by atoms with Crippen LogP contribution >= 0.6 is 0 Å². The highest BCUT2D eigenvalue weighted by atomic mass is 19.1. The maximum atomic E-state index is 14.7. The number of amides is 1. The van der Waals surface area contributed by atoms with Crippen LogP contribution in [0.25, 0.3) is 0 Å². The molecular formula is C24H35FN2O2. The summed E-state index contributed by atoms with van der Waals surface area (Å²) in [5.41, 5.74) is 3.40. The number of nitrogens with one attached hydrogen (secondary N) is 1. The van der Waals surface area contributed by atoms with Crippen LogP contribution in [0, 0.1) is 23.6 Å². The lowest BCUT2D eigenvalue weighted by molar-refractivity contribution is 0.0705. The first-order chi connectivity index (χ1) is 14.1. The van der Waals surface area contributed by atoms with Crippen LogP contribution in [-0.2, 0) is 13.0 Å². The molecule has 5 heteroatoms. The van der Waals surface area contributed by atoms with Gasteiger partial charge in [0.2, 0.25) is 0 Å². The van der Waals surface area contributed by atoms with Crippen molar-refractivity contribution in [2.24, 2.45) is 17.8 Å². The average molecular weight is 403 g/mol. The maximum Gasteiger partial charge on any atom is 0.274 e. The van der Waals surface area contributed by atoms with Crippen molar-refractivity contribution in [3.8, 4) is 0 Å². The van der Waals surface area contributed by atoms with Crippen LogP contribution in [0.4, 0.5) is 4.39 Å². The molecule has 0 aromatic heterocycles. The largest absolute Gasteiger partial charge is 0.296 e. The van der Waals surface area contributed by atoms with Gasteiger partial charge in [-0.2, -0.15) is 0 Å². The summed E-state index contributed by atoms with van der Waals surface area (Å²) in [6.45, 7) is 3.78. The van der Waals surface area contributed by atoms with Gasteiger partial charge in [-0.05, 0) is 80.4 Å². The number of fused-ring (bicyclic) bond motifs is 3. The van der Waals surface area contributed by atoms with E-state index in [0.29, 0.717) is 12.6 Å². The lowest BCUT2D eigenvalue weighted by atomic mass is 9.67. The van der Waals surface area contributed by atoms with Crippen LogP contribution in [0.2, 0.25) is 0 Å². The van der Waals surface area contributed by atoms with Gasteiger partial charge in [-0.1, -0.05) is 26.2 Å². The molecule has 2 fully saturated rings. The number of hydrogen-bond acceptors (Lipinski definition) is 3. The number of hydroxylamine groups is 1. The molecule has 4 nitrogen and oxygen atoms in total. The van der Waals surface area contributed by atoms with Gasteiger partial charge >= 0.3 is 0 Å². The fraction of sp³-hybridized carbons (Fsp3) is 0.708. The first kappa shape index (κ1) is 20.8. The summed E-state index contributed by atoms with van der Waals surface area (Å²) in [6, 6.07) is 3.48. The van der Waals surface area contributed by atoms with Gasteiger partial charge in [-0.25, -0.2) is 9.87 Å². The van der Waals surface area contributed by atoms with Crippen molar-refractivity contribution in [1.29, 1.82) is 0 Å². The van der Waals surface area contributed by atoms with Gasteiger partial charge in [0, 0.05) is 30.3 Å². The van der Waals surface area contributed by atoms with Gasteiger partial charge in [0.25, 0.3) is 5.91 Å². The Balaban J connectivity index is 1.37. The van der Waals surface area contributed by atoms with Crippen LogP contribution in [0.3, 0.4) is 0 Å². The lowest BCUT2D eigenvalue weighted by Gasteiger charge is -2.40. The number of rotatable bonds is 6. The van der Waals surface area contributed by atoms with Gasteiger partial charge < -0.3 is 0 Å². The molecule has 0 radical (unpaired) electrons. The third kappa shape index (κ3) is 4.66. The first-order valence-electron chi connectivity index (χ1n) is 11.6. The molecule has 3 aliphatic rings. The summed E-state index contributed by atoms with van der Waals surface area (Å²) in [5, 5.41) is 8.82. The van der Waals surface area contributed by atoms with E-state index in [-0.39, 0.29) is 11.4 Å². The van der Waals surface area contributed by atoms with Crippen molar-refractivity contribution < 1.29 is 14.4 Å². The van der Waals surface area contributed by atoms with Crippen LogP contribution in [0.5, 0.6) is 0 Å². The molecule has 2 saturated carbocycles. The summed E-state index contributed by atoms with van der Waals surface area (Å²) < 4.78 is 14.7. The lowest BCUT2D eigenvalue weighted by Crippen LogP contribution is -2.40. The molecule has 160 valence electrons. The van der Waals surface area contributed by atoms with Crippen molar-refractivity contribution in [3.63, 3.8) is 0 Å². The number of nitrogens with zero attached hydrogens (tertiary/aromatic N) is 1. The van der Waals surface area contributed by atoms with E-state index in [0.717, 1.165) is 48.3 Å². The minimum atomic E-state index is -0.655. The van der Waals surface area contributed by atoms with E-state index in [4.69, 9.17) is 5.21 Å². The molecule has 29 heavy (non-hydrogen) atoms. The number of hydrogen-bond donors (Lipinski definition) is 2. The van der Waals surface area contributed by atoms with E-state index in [1.807, 2.05) is 0 Å². The predicted molar refractivity (Wildman–Crippen MR) is 111 cm³/mol. The van der Waals surface area contributed by atoms with Gasteiger partial charge in [-0.3, -0.25) is 14.9 Å². The number of halogens is 1. The maximum absolute atomic E-state index is 14.7. The molecule has 1 aliphatic heterocycles. The topological polar surface area (TPSA) is 52.6 Å². The molecular weight excluding hydrogens is 367 g/mol. The van der Waals surface area contributed by atoms with Crippen molar-refractivity contribution in [2.45, 2.75) is 83.7 Å². The number of benzene rings is 1. The Morgan fingerprint density at radius 3 is 2.72 bits per heavy atom. The molecule has 1 amide bonds. The van der Waals surface area contributed by atoms with Crippen molar-refractivity contribution in [1.82, 2.24) is 10.4 Å². The van der Waals surface area contributed by atoms with Crippen LogP contribution in [0.15, 0.2) is 12.1 Å². The molecule has 0 saturated heterocycles. The zero-order chi connectivity index (χ0) is 20.4. The second-order valence-electron chi connectivity index (χ2n) is 9.63. The normalized spacial score (nSPS) is 27.9. The zero-order valence-corrected chi connectivity index (χ0v) is 17.6. The second-order valence-corrected chi connectivity index (χ2v) is 9.63. The molecule has 2 aliphatic carbocycles. The highest BCUT2D eigenvalue weighted by molar-refractivity contribution is 5.93. The van der Waals surface area contributed by atoms with Crippen molar-refractivity contribution in [2.75, 3.05) is 6.54 Å². The summed E-state index contributed by atoms with van der Waals surface area (Å²) in [5.74, 6) is 1.86. The van der Waals surface area contributed by atoms with E-state index in [9.17, 15) is 9.18 Å². The highest BCUT2D eigenvalue weighted by Gasteiger charge is 2.32. The quantitative estimate of drug-likeness (QED) is 0.515. The summed E-state index contributed by atoms with van der Waals surface area (Å²) >= 11 is 0. The summed E-state index contributed by atoms with van der Waals surface area (Å²) in [7, 11) is 0. The Morgan fingerprint density at radius 2 is 2.03 bits per heavy atom. The molecule has 2 N–H and O–H groups in total. The first-order valence-corrected chi connectivity index (χ1v) is 11.6. The smallest absolute Gasteiger partial charge is 0.274 e. The predicted octanol–water partition coefficient (Wildman–Crippen LogP) is 5.08. The van der Waals surface area contributed by atoms with Gasteiger partial charge in [0.15, 0.2) is 0 Å². The zero-order valence-electron chi connectivity index (χ0n) is 17.6. The molecule has 1 aromatic carbocycles. The number of carbonyl (C=O) groups is 1. The molecule has 2 unspecified atom stereocenters. The van der Waals surface area contributed by atoms with Gasteiger partial charge in [-0.15, -0.1) is 0 Å². The summed E-state index contributed by atoms with van der Waals surface area (Å²) in [6.07, 6.45) is 13.1. The monoisotopic (exact) mass is 402 g/mol. The van der Waals surface area contributed by atoms with Gasteiger partial charge in [0.1, 0.15) is 5.82 Å². The molecule has 1 heterocycles. The Morgan fingerprint density at radius 1 is 1.28 bits per heavy atom. The average Bonchev–Trinajstić information content (AvgIpc) is 2.73. The standard InChI is InChI=1S/C24H35FN2O2/c1-2-21(7-6-18-11-16-4-3-5-17(10-16)12-18)27-9-8-19-13-20(24(28)26-29)14-23(25)22(19)15-27/h13-14,16-18,21,29H,2-12,15H2,1H3,(H,26,28)/t16?,17?,18?,21-/m0/s1. The Hall–Kier alpha value is -1.46. The molecule has 3 atom stereocenters. The van der Waals surface area contributed by atoms with E-state index >= 15 is 0 Å². The Kier molecular flexibility index (Phi) is 6.55. The Bertz CT molecular complexity index is 726. The molecule has 0 spiro atoms. The van der Waals surface area contributed by atoms with Crippen LogP contribution < -0.4 is 5.48 Å². The third-order valence-electron chi connectivity index (χ3n) is 7.80.